The average Bonchev–Trinajstić information content (AvgIpc) is 2.47. The molecule has 1 aromatic rings. The molecule has 1 rings (SSSR count). The fourth-order valence-electron chi connectivity index (χ4n) is 1.04. The van der Waals surface area contributed by atoms with Crippen LogP contribution in [0.25, 0.3) is 0 Å². The Morgan fingerprint density at radius 1 is 1.57 bits per heavy atom. The second kappa shape index (κ2) is 3.96. The molecular formula is C8H14N2O2S2. The maximum absolute atomic E-state index is 11.2. The third-order valence-corrected chi connectivity index (χ3v) is 4.60. The summed E-state index contributed by atoms with van der Waals surface area (Å²) in [5, 5.41) is 2.11. The second-order valence-corrected chi connectivity index (χ2v) is 6.82. The SMILES string of the molecule is Cc1nc(C(N)C(C)S(C)(=O)=O)cs1. The van der Waals surface area contributed by atoms with Crippen molar-refractivity contribution in [3.63, 3.8) is 0 Å². The summed E-state index contributed by atoms with van der Waals surface area (Å²) >= 11 is 1.47. The number of nitrogens with two attached hydrogens (primary N) is 1. The number of nitrogens with zero attached hydrogens (tertiary/aromatic N) is 1. The number of thiazole rings is 1. The fourth-order valence-corrected chi connectivity index (χ4v) is 2.37. The minimum absolute atomic E-state index is 0.532. The molecule has 0 spiro atoms. The number of aryl methyl sites for hydroxylation is 1. The second-order valence-electron chi connectivity index (χ2n) is 3.35. The van der Waals surface area contributed by atoms with Crippen LogP contribution in [-0.4, -0.2) is 24.9 Å². The first kappa shape index (κ1) is 11.6. The minimum Gasteiger partial charge on any atom is -0.322 e. The van der Waals surface area contributed by atoms with Gasteiger partial charge in [-0.25, -0.2) is 13.4 Å². The molecule has 14 heavy (non-hydrogen) atoms. The molecule has 0 aliphatic carbocycles. The predicted molar refractivity (Wildman–Crippen MR) is 58.1 cm³/mol. The highest BCUT2D eigenvalue weighted by atomic mass is 32.2. The molecule has 80 valence electrons. The van der Waals surface area contributed by atoms with Crippen molar-refractivity contribution in [2.24, 2.45) is 5.73 Å². The summed E-state index contributed by atoms with van der Waals surface area (Å²) in [6.45, 7) is 3.47. The van der Waals surface area contributed by atoms with Crippen LogP contribution in [-0.2, 0) is 9.84 Å². The van der Waals surface area contributed by atoms with Crippen molar-refractivity contribution in [3.8, 4) is 0 Å². The van der Waals surface area contributed by atoms with Crippen LogP contribution in [0.2, 0.25) is 0 Å². The molecule has 0 saturated heterocycles. The van der Waals surface area contributed by atoms with Crippen LogP contribution in [0.1, 0.15) is 23.7 Å². The number of rotatable bonds is 3. The van der Waals surface area contributed by atoms with E-state index in [0.717, 1.165) is 5.01 Å². The van der Waals surface area contributed by atoms with E-state index in [0.29, 0.717) is 5.69 Å². The van der Waals surface area contributed by atoms with Crippen LogP contribution in [0.5, 0.6) is 0 Å². The molecule has 4 nitrogen and oxygen atoms in total. The highest BCUT2D eigenvalue weighted by molar-refractivity contribution is 7.91. The molecule has 0 bridgehead atoms. The third kappa shape index (κ3) is 2.52. The van der Waals surface area contributed by atoms with Crippen LogP contribution in [0.4, 0.5) is 0 Å². The van der Waals surface area contributed by atoms with Crippen LogP contribution >= 0.6 is 11.3 Å². The summed E-state index contributed by atoms with van der Waals surface area (Å²) in [5.74, 6) is 0. The topological polar surface area (TPSA) is 73.0 Å². The lowest BCUT2D eigenvalue weighted by molar-refractivity contribution is 0.567. The third-order valence-electron chi connectivity index (χ3n) is 2.16. The molecular weight excluding hydrogens is 220 g/mol. The number of sulfone groups is 1. The summed E-state index contributed by atoms with van der Waals surface area (Å²) in [5.41, 5.74) is 6.46. The van der Waals surface area contributed by atoms with Gasteiger partial charge in [0, 0.05) is 11.6 Å². The van der Waals surface area contributed by atoms with E-state index in [1.807, 2.05) is 12.3 Å². The Kier molecular flexibility index (Phi) is 3.28. The van der Waals surface area contributed by atoms with E-state index in [2.05, 4.69) is 4.98 Å². The lowest BCUT2D eigenvalue weighted by Gasteiger charge is -2.15. The highest BCUT2D eigenvalue weighted by Crippen LogP contribution is 2.20. The van der Waals surface area contributed by atoms with Crippen molar-refractivity contribution in [1.82, 2.24) is 4.98 Å². The first-order chi connectivity index (χ1) is 6.32. The smallest absolute Gasteiger partial charge is 0.151 e. The zero-order chi connectivity index (χ0) is 10.9. The van der Waals surface area contributed by atoms with Crippen LogP contribution in [0.3, 0.4) is 0 Å². The van der Waals surface area contributed by atoms with Gasteiger partial charge in [-0.2, -0.15) is 0 Å². The molecule has 0 amide bonds. The lowest BCUT2D eigenvalue weighted by atomic mass is 10.2. The maximum atomic E-state index is 11.2. The Bertz CT molecular complexity index is 411. The van der Waals surface area contributed by atoms with Gasteiger partial charge >= 0.3 is 0 Å². The Morgan fingerprint density at radius 3 is 2.50 bits per heavy atom. The quantitative estimate of drug-likeness (QED) is 0.842. The van der Waals surface area contributed by atoms with Gasteiger partial charge < -0.3 is 5.73 Å². The van der Waals surface area contributed by atoms with E-state index in [1.54, 1.807) is 6.92 Å². The molecule has 0 aliphatic heterocycles. The van der Waals surface area contributed by atoms with E-state index in [1.165, 1.54) is 17.6 Å². The van der Waals surface area contributed by atoms with Crippen molar-refractivity contribution in [3.05, 3.63) is 16.1 Å². The molecule has 0 aliphatic rings. The first-order valence-electron chi connectivity index (χ1n) is 4.19. The summed E-state index contributed by atoms with van der Waals surface area (Å²) in [7, 11) is -3.10. The Hall–Kier alpha value is -0.460. The summed E-state index contributed by atoms with van der Waals surface area (Å²) < 4.78 is 22.5. The van der Waals surface area contributed by atoms with Gasteiger partial charge in [0.05, 0.1) is 22.0 Å². The molecule has 0 fully saturated rings. The predicted octanol–water partition coefficient (Wildman–Crippen LogP) is 0.884. The summed E-state index contributed by atoms with van der Waals surface area (Å²) in [6, 6.07) is -0.532. The standard InChI is InChI=1S/C8H14N2O2S2/c1-5(14(3,11)12)8(9)7-4-13-6(2)10-7/h4-5,8H,9H2,1-3H3. The van der Waals surface area contributed by atoms with Gasteiger partial charge in [-0.1, -0.05) is 0 Å². The van der Waals surface area contributed by atoms with Crippen molar-refractivity contribution < 1.29 is 8.42 Å². The van der Waals surface area contributed by atoms with E-state index in [4.69, 9.17) is 5.73 Å². The average molecular weight is 234 g/mol. The minimum atomic E-state index is -3.10. The van der Waals surface area contributed by atoms with E-state index in [-0.39, 0.29) is 0 Å². The van der Waals surface area contributed by atoms with Crippen LogP contribution in [0, 0.1) is 6.92 Å². The molecule has 6 heteroatoms. The van der Waals surface area contributed by atoms with Crippen LogP contribution in [0.15, 0.2) is 5.38 Å². The fraction of sp³-hybridized carbons (Fsp3) is 0.625. The molecule has 0 saturated carbocycles. The lowest BCUT2D eigenvalue weighted by Crippen LogP contribution is -2.30. The van der Waals surface area contributed by atoms with Crippen molar-refractivity contribution in [1.29, 1.82) is 0 Å². The first-order valence-corrected chi connectivity index (χ1v) is 7.02. The molecule has 2 atom stereocenters. The molecule has 0 aromatic carbocycles. The Morgan fingerprint density at radius 2 is 2.14 bits per heavy atom. The molecule has 0 radical (unpaired) electrons. The zero-order valence-electron chi connectivity index (χ0n) is 8.39. The van der Waals surface area contributed by atoms with Crippen molar-refractivity contribution in [2.45, 2.75) is 25.1 Å². The zero-order valence-corrected chi connectivity index (χ0v) is 10.0. The van der Waals surface area contributed by atoms with Crippen LogP contribution < -0.4 is 5.73 Å². The number of hydrogen-bond donors (Lipinski definition) is 1. The van der Waals surface area contributed by atoms with Gasteiger partial charge in [-0.15, -0.1) is 11.3 Å². The summed E-state index contributed by atoms with van der Waals surface area (Å²) in [4.78, 5) is 4.17. The summed E-state index contributed by atoms with van der Waals surface area (Å²) in [6.07, 6.45) is 1.19. The number of hydrogen-bond acceptors (Lipinski definition) is 5. The Labute approximate surface area is 88.1 Å². The van der Waals surface area contributed by atoms with Crippen molar-refractivity contribution in [2.75, 3.05) is 6.26 Å². The van der Waals surface area contributed by atoms with Gasteiger partial charge in [0.1, 0.15) is 0 Å². The number of aromatic nitrogens is 1. The van der Waals surface area contributed by atoms with Crippen molar-refractivity contribution >= 4 is 21.2 Å². The monoisotopic (exact) mass is 234 g/mol. The largest absolute Gasteiger partial charge is 0.322 e. The Balaban J connectivity index is 2.91. The molecule has 2 N–H and O–H groups in total. The normalized spacial score (nSPS) is 16.6. The molecule has 1 aromatic heterocycles. The molecule has 2 unspecified atom stereocenters. The maximum Gasteiger partial charge on any atom is 0.151 e. The van der Waals surface area contributed by atoms with E-state index < -0.39 is 21.1 Å². The van der Waals surface area contributed by atoms with Gasteiger partial charge in [-0.05, 0) is 13.8 Å². The van der Waals surface area contributed by atoms with E-state index >= 15 is 0 Å². The van der Waals surface area contributed by atoms with E-state index in [9.17, 15) is 8.42 Å². The van der Waals surface area contributed by atoms with Gasteiger partial charge in [0.2, 0.25) is 0 Å². The molecule has 1 heterocycles. The van der Waals surface area contributed by atoms with Gasteiger partial charge in [0.25, 0.3) is 0 Å². The highest BCUT2D eigenvalue weighted by Gasteiger charge is 2.25. The van der Waals surface area contributed by atoms with Gasteiger partial charge in [-0.3, -0.25) is 0 Å². The van der Waals surface area contributed by atoms with Gasteiger partial charge in [0.15, 0.2) is 9.84 Å².